The zero-order valence-corrected chi connectivity index (χ0v) is 84.0. The van der Waals surface area contributed by atoms with Crippen molar-refractivity contribution in [2.45, 2.75) is 235 Å². The van der Waals surface area contributed by atoms with Gasteiger partial charge < -0.3 is 33.5 Å². The second-order valence-corrected chi connectivity index (χ2v) is 41.6. The maximum atomic E-state index is 6.16. The third-order valence-electron chi connectivity index (χ3n) is 25.1. The van der Waals surface area contributed by atoms with Crippen LogP contribution in [0.5, 0.6) is 57.6 Å². The first-order chi connectivity index (χ1) is 63.8. The third kappa shape index (κ3) is 18.9. The minimum absolute atomic E-state index is 0.0930. The molecule has 5 aliphatic heterocycles. The Hall–Kier alpha value is -14.4. The average Bonchev–Trinajstić information content (AvgIpc) is 0.761. The summed E-state index contributed by atoms with van der Waals surface area (Å²) in [7, 11) is 0. The molecular weight excluding hydrogens is 1670 g/mol. The lowest BCUT2D eigenvalue weighted by molar-refractivity contribution is 0.452. The van der Waals surface area contributed by atoms with Crippen LogP contribution >= 0.6 is 0 Å². The van der Waals surface area contributed by atoms with Crippen LogP contribution in [0.15, 0.2) is 213 Å². The largest absolute Gasteiger partial charge is 0.453 e. The van der Waals surface area contributed by atoms with Crippen LogP contribution in [0.3, 0.4) is 0 Å². The normalized spacial score (nSPS) is 13.0. The molecule has 0 saturated carbocycles. The van der Waals surface area contributed by atoms with E-state index < -0.39 is 0 Å². The van der Waals surface area contributed by atoms with Crippen molar-refractivity contribution < 1.29 is 23.7 Å². The zero-order valence-electron chi connectivity index (χ0n) is 84.0. The maximum Gasteiger partial charge on any atom is 0.244 e. The Morgan fingerprint density at radius 3 is 1.07 bits per heavy atom. The Morgan fingerprint density at radius 1 is 0.230 bits per heavy atom. The van der Waals surface area contributed by atoms with E-state index in [1.807, 2.05) is 74.9 Å². The van der Waals surface area contributed by atoms with Gasteiger partial charge in [-0.25, -0.2) is 15.0 Å². The van der Waals surface area contributed by atoms with Crippen molar-refractivity contribution >= 4 is 85.7 Å². The first-order valence-electron chi connectivity index (χ1n) is 46.3. The molecule has 0 aliphatic carbocycles. The number of aromatic nitrogens is 10. The van der Waals surface area contributed by atoms with Gasteiger partial charge in [0.15, 0.2) is 63.4 Å². The Balaban J connectivity index is 0.000000123. The summed E-state index contributed by atoms with van der Waals surface area (Å²) in [5, 5.41) is 24.7. The molecule has 135 heavy (non-hydrogen) atoms. The summed E-state index contributed by atoms with van der Waals surface area (Å²) in [6.45, 7) is 65.6. The molecule has 0 atom stereocenters. The van der Waals surface area contributed by atoms with Gasteiger partial charge in [-0.2, -0.15) is 25.5 Å². The molecule has 0 N–H and O–H groups in total. The summed E-state index contributed by atoms with van der Waals surface area (Å²) in [4.78, 5) is 29.3. The van der Waals surface area contributed by atoms with Crippen LogP contribution in [-0.4, -0.2) is 50.5 Å². The molecule has 20 rings (SSSR count). The van der Waals surface area contributed by atoms with Crippen LogP contribution in [0.2, 0.25) is 0 Å². The van der Waals surface area contributed by atoms with Crippen LogP contribution in [0, 0.1) is 104 Å². The summed E-state index contributed by atoms with van der Waals surface area (Å²) < 4.78 is 30.5. The molecule has 0 unspecified atom stereocenters. The molecule has 20 heteroatoms. The predicted octanol–water partition coefficient (Wildman–Crippen LogP) is 31.4. The van der Waals surface area contributed by atoms with Crippen molar-refractivity contribution in [1.82, 2.24) is 50.5 Å². The van der Waals surface area contributed by atoms with Gasteiger partial charge in [0.2, 0.25) is 11.7 Å². The first kappa shape index (κ1) is 93.8. The van der Waals surface area contributed by atoms with Crippen molar-refractivity contribution in [3.05, 3.63) is 325 Å². The van der Waals surface area contributed by atoms with Crippen LogP contribution in [0.25, 0.3) is 0 Å². The molecule has 0 amide bonds. The van der Waals surface area contributed by atoms with E-state index in [0.717, 1.165) is 131 Å². The van der Waals surface area contributed by atoms with E-state index in [0.29, 0.717) is 17.4 Å². The number of anilines is 15. The minimum Gasteiger partial charge on any atom is -0.453 e. The van der Waals surface area contributed by atoms with Gasteiger partial charge >= 0.3 is 0 Å². The van der Waals surface area contributed by atoms with Crippen LogP contribution in [0.4, 0.5) is 85.7 Å². The summed E-state index contributed by atoms with van der Waals surface area (Å²) in [6.07, 6.45) is 15.8. The SMILES string of the molecule is Cc1ccc2c(c1)N(c1c(C)cc(C(C)(C)C)cc1C)c1cnccc1O2.Cc1ccc2c(c1)N(c1c(C)cc(C(C)(C)C)cc1C)c1ncccc1O2.Cc1ccc2c(c1)Oc1ccnnc1N2c1c(C)cc(C(C)(C)C)cc1C.Cc1ccc2c(n1)Oc1cnncc1N2c1c(C)cc(C(C)(C)C)cc1C.Cc1cnc2c(c1)Oc1cnncc1N2c1c(C)cc(C(C)(C)C)cc1C. The van der Waals surface area contributed by atoms with Gasteiger partial charge in [-0.3, -0.25) is 19.7 Å². The van der Waals surface area contributed by atoms with Gasteiger partial charge in [0.25, 0.3) is 0 Å². The fourth-order valence-corrected chi connectivity index (χ4v) is 18.2. The molecule has 15 aromatic rings. The van der Waals surface area contributed by atoms with Crippen molar-refractivity contribution in [3.63, 3.8) is 0 Å². The molecule has 0 fully saturated rings. The van der Waals surface area contributed by atoms with E-state index >= 15 is 0 Å². The van der Waals surface area contributed by atoms with Crippen LogP contribution in [-0.2, 0) is 27.1 Å². The second-order valence-electron chi connectivity index (χ2n) is 41.6. The van der Waals surface area contributed by atoms with Gasteiger partial charge in [0.1, 0.15) is 22.7 Å². The molecule has 0 spiro atoms. The van der Waals surface area contributed by atoms with E-state index in [2.05, 4.69) is 384 Å². The Labute approximate surface area is 796 Å². The second kappa shape index (κ2) is 36.2. The highest BCUT2D eigenvalue weighted by atomic mass is 16.5. The minimum atomic E-state index is 0.0930. The van der Waals surface area contributed by atoms with Crippen LogP contribution in [0.1, 0.15) is 215 Å². The number of ether oxygens (including phenoxy) is 5. The van der Waals surface area contributed by atoms with Gasteiger partial charge in [0.05, 0.1) is 82.7 Å². The lowest BCUT2D eigenvalue weighted by Gasteiger charge is -2.35. The number of nitrogens with zero attached hydrogens (tertiary/aromatic N) is 15. The molecule has 690 valence electrons. The van der Waals surface area contributed by atoms with E-state index in [4.69, 9.17) is 23.7 Å². The fraction of sp³-hybridized carbons (Fsp3) is 0.304. The zero-order chi connectivity index (χ0) is 96.7. The summed E-state index contributed by atoms with van der Waals surface area (Å²) in [5.74, 6) is 9.92. The molecule has 8 aromatic carbocycles. The highest BCUT2D eigenvalue weighted by molar-refractivity contribution is 5.93. The van der Waals surface area contributed by atoms with Gasteiger partial charge in [0, 0.05) is 36.4 Å². The summed E-state index contributed by atoms with van der Waals surface area (Å²) >= 11 is 0. The molecule has 20 nitrogen and oxygen atoms in total. The van der Waals surface area contributed by atoms with Gasteiger partial charge in [-0.05, 0) is 303 Å². The van der Waals surface area contributed by atoms with Gasteiger partial charge in [-0.15, -0.1) is 5.10 Å². The Bertz CT molecular complexity index is 6440. The fourth-order valence-electron chi connectivity index (χ4n) is 18.2. The molecule has 12 heterocycles. The average molecular weight is 1800 g/mol. The maximum absolute atomic E-state index is 6.16. The van der Waals surface area contributed by atoms with E-state index in [1.54, 1.807) is 37.2 Å². The molecule has 0 bridgehead atoms. The third-order valence-corrected chi connectivity index (χ3v) is 25.1. The van der Waals surface area contributed by atoms with Crippen molar-refractivity contribution in [2.24, 2.45) is 0 Å². The predicted molar refractivity (Wildman–Crippen MR) is 549 cm³/mol. The van der Waals surface area contributed by atoms with E-state index in [9.17, 15) is 0 Å². The number of benzene rings is 8. The standard InChI is InChI=1S/2C24H26N2O.C23H25N3O.2C22H24N4O/c1-15-7-8-21-19(11-15)26(20-14-25-10-9-22(20)27-21)23-16(2)12-18(13-17(23)3)24(4,5)6;1-15-9-10-20-19(12-15)26(23-21(27-20)8-7-11-25-23)22-16(2)13-18(14-17(22)3)24(4,5)6;1-14-7-8-18-20(11-14)27-19-9-10-24-25-22(19)26(18)21-15(2)12-17(13-16(21)3)23(4,5)6;1-13-7-18-21(23-10-13)26(17-11-24-25-12-19(17)27-18)20-14(2)8-16(9-15(20)3)22(4,5)6;1-13-9-16(22(4,5)6)10-14(2)20(13)26-17-8-7-15(3)25-21(17)27-19-12-24-23-11-18(19)26/h2*7-14H,1-6H3;7-13H,1-6H3;2*7-12H,1-6H3. The lowest BCUT2D eigenvalue weighted by atomic mass is 9.84. The molecule has 0 radical (unpaired) electrons. The van der Waals surface area contributed by atoms with Crippen molar-refractivity contribution in [3.8, 4) is 57.6 Å². The Kier molecular flexibility index (Phi) is 25.2. The quantitative estimate of drug-likeness (QED) is 0.158. The lowest BCUT2D eigenvalue weighted by Crippen LogP contribution is -2.21. The molecule has 5 aliphatic rings. The summed E-state index contributed by atoms with van der Waals surface area (Å²) in [5.41, 5.74) is 37.4. The number of fused-ring (bicyclic) bond motifs is 10. The summed E-state index contributed by atoms with van der Waals surface area (Å²) in [6, 6.07) is 55.5. The van der Waals surface area contributed by atoms with Crippen molar-refractivity contribution in [1.29, 1.82) is 0 Å². The van der Waals surface area contributed by atoms with E-state index in [1.165, 1.54) is 106 Å². The van der Waals surface area contributed by atoms with Gasteiger partial charge in [-0.1, -0.05) is 183 Å². The van der Waals surface area contributed by atoms with Crippen molar-refractivity contribution in [2.75, 3.05) is 24.5 Å². The topological polar surface area (TPSA) is 191 Å². The van der Waals surface area contributed by atoms with Crippen LogP contribution < -0.4 is 48.2 Å². The number of hydrogen-bond donors (Lipinski definition) is 0. The number of hydrogen-bond acceptors (Lipinski definition) is 20. The first-order valence-corrected chi connectivity index (χ1v) is 46.3. The smallest absolute Gasteiger partial charge is 0.244 e. The number of rotatable bonds is 5. The number of pyridine rings is 4. The highest BCUT2D eigenvalue weighted by Gasteiger charge is 2.38. The number of aryl methyl sites for hydroxylation is 15. The van der Waals surface area contributed by atoms with E-state index in [-0.39, 0.29) is 27.1 Å². The molecular formula is C115H125N15O5. The molecule has 7 aromatic heterocycles. The molecule has 0 saturated heterocycles. The monoisotopic (exact) mass is 1800 g/mol. The Morgan fingerprint density at radius 2 is 0.578 bits per heavy atom. The highest BCUT2D eigenvalue weighted by Crippen LogP contribution is 2.58.